The first-order valence-corrected chi connectivity index (χ1v) is 5.75. The summed E-state index contributed by atoms with van der Waals surface area (Å²) in [6.45, 7) is 2.56. The molecule has 0 radical (unpaired) electrons. The highest BCUT2D eigenvalue weighted by Crippen LogP contribution is 2.14. The summed E-state index contributed by atoms with van der Waals surface area (Å²) < 4.78 is 10.6. The fourth-order valence-electron chi connectivity index (χ4n) is 2.14. The molecule has 0 spiro atoms. The normalized spacial score (nSPS) is 20.8. The van der Waals surface area contributed by atoms with E-state index in [-0.39, 0.29) is 6.10 Å². The number of hydrogen-bond donors (Lipinski definition) is 2. The van der Waals surface area contributed by atoms with Crippen LogP contribution in [0.15, 0.2) is 27.4 Å². The Hall–Kier alpha value is -1.59. The third-order valence-electron chi connectivity index (χ3n) is 2.95. The van der Waals surface area contributed by atoms with Gasteiger partial charge in [0.1, 0.15) is 0 Å². The van der Waals surface area contributed by atoms with Gasteiger partial charge in [-0.2, -0.15) is 0 Å². The van der Waals surface area contributed by atoms with Crippen molar-refractivity contribution in [2.75, 3.05) is 19.7 Å². The van der Waals surface area contributed by atoms with Gasteiger partial charge in [-0.15, -0.1) is 0 Å². The van der Waals surface area contributed by atoms with E-state index in [9.17, 15) is 4.79 Å². The molecule has 1 unspecified atom stereocenters. The van der Waals surface area contributed by atoms with E-state index in [1.807, 2.05) is 18.2 Å². The summed E-state index contributed by atoms with van der Waals surface area (Å²) in [6, 6.07) is 5.73. The van der Waals surface area contributed by atoms with E-state index < -0.39 is 5.76 Å². The second kappa shape index (κ2) is 4.35. The average molecular weight is 234 g/mol. The monoisotopic (exact) mass is 234 g/mol. The first-order chi connectivity index (χ1) is 8.31. The molecule has 1 aliphatic rings. The van der Waals surface area contributed by atoms with Crippen molar-refractivity contribution in [2.45, 2.75) is 12.5 Å². The first kappa shape index (κ1) is 10.6. The summed E-state index contributed by atoms with van der Waals surface area (Å²) in [4.78, 5) is 13.7. The number of ether oxygens (including phenoxy) is 1. The molecule has 0 amide bonds. The maximum Gasteiger partial charge on any atom is 0.417 e. The van der Waals surface area contributed by atoms with Crippen molar-refractivity contribution in [1.82, 2.24) is 10.3 Å². The van der Waals surface area contributed by atoms with Crippen LogP contribution in [0.5, 0.6) is 0 Å². The second-order valence-electron chi connectivity index (χ2n) is 4.25. The third-order valence-corrected chi connectivity index (χ3v) is 2.95. The van der Waals surface area contributed by atoms with Crippen LogP contribution in [0.1, 0.15) is 5.56 Å². The Labute approximate surface area is 97.8 Å². The summed E-state index contributed by atoms with van der Waals surface area (Å²) in [5.74, 6) is -0.410. The molecule has 0 bridgehead atoms. The van der Waals surface area contributed by atoms with Crippen molar-refractivity contribution >= 4 is 11.1 Å². The smallest absolute Gasteiger partial charge is 0.408 e. The number of morpholine rings is 1. The molecule has 1 aliphatic heterocycles. The largest absolute Gasteiger partial charge is 0.417 e. The van der Waals surface area contributed by atoms with Gasteiger partial charge in [-0.3, -0.25) is 4.98 Å². The highest BCUT2D eigenvalue weighted by atomic mass is 16.5. The molecule has 1 fully saturated rings. The van der Waals surface area contributed by atoms with Crippen LogP contribution in [0.3, 0.4) is 0 Å². The molecule has 1 aromatic heterocycles. The Morgan fingerprint density at radius 3 is 3.18 bits per heavy atom. The van der Waals surface area contributed by atoms with Crippen molar-refractivity contribution < 1.29 is 9.15 Å². The summed E-state index contributed by atoms with van der Waals surface area (Å²) in [5, 5.41) is 3.30. The Morgan fingerprint density at radius 1 is 1.41 bits per heavy atom. The number of fused-ring (bicyclic) bond motifs is 1. The molecular weight excluding hydrogens is 220 g/mol. The van der Waals surface area contributed by atoms with Crippen molar-refractivity contribution in [1.29, 1.82) is 0 Å². The Bertz CT molecular complexity index is 566. The number of aromatic nitrogens is 1. The summed E-state index contributed by atoms with van der Waals surface area (Å²) >= 11 is 0. The fraction of sp³-hybridized carbons (Fsp3) is 0.417. The maximum atomic E-state index is 11.0. The average Bonchev–Trinajstić information content (AvgIpc) is 2.70. The van der Waals surface area contributed by atoms with Crippen molar-refractivity contribution in [3.8, 4) is 0 Å². The quantitative estimate of drug-likeness (QED) is 0.800. The molecule has 1 atom stereocenters. The van der Waals surface area contributed by atoms with Gasteiger partial charge >= 0.3 is 5.76 Å². The number of nitrogens with one attached hydrogen (secondary N) is 2. The number of rotatable bonds is 2. The zero-order chi connectivity index (χ0) is 11.7. The Morgan fingerprint density at radius 2 is 2.35 bits per heavy atom. The zero-order valence-electron chi connectivity index (χ0n) is 9.36. The zero-order valence-corrected chi connectivity index (χ0v) is 9.36. The molecule has 90 valence electrons. The molecule has 0 aliphatic carbocycles. The minimum Gasteiger partial charge on any atom is -0.408 e. The highest BCUT2D eigenvalue weighted by Gasteiger charge is 2.14. The van der Waals surface area contributed by atoms with Crippen molar-refractivity contribution in [3.63, 3.8) is 0 Å². The van der Waals surface area contributed by atoms with Gasteiger partial charge in [0.05, 0.1) is 18.2 Å². The van der Waals surface area contributed by atoms with E-state index in [0.717, 1.165) is 37.2 Å². The molecule has 5 heteroatoms. The number of hydrogen-bond acceptors (Lipinski definition) is 4. The molecule has 2 heterocycles. The Balaban J connectivity index is 1.82. The van der Waals surface area contributed by atoms with E-state index in [2.05, 4.69) is 10.3 Å². The van der Waals surface area contributed by atoms with Gasteiger partial charge in [0.25, 0.3) is 0 Å². The van der Waals surface area contributed by atoms with E-state index in [1.165, 1.54) is 0 Å². The molecule has 3 rings (SSSR count). The molecule has 5 nitrogen and oxygen atoms in total. The molecule has 0 saturated carbocycles. The maximum absolute atomic E-state index is 11.0. The van der Waals surface area contributed by atoms with Crippen molar-refractivity contribution in [2.24, 2.45) is 0 Å². The lowest BCUT2D eigenvalue weighted by molar-refractivity contribution is 0.0292. The van der Waals surface area contributed by atoms with Gasteiger partial charge in [-0.25, -0.2) is 4.79 Å². The molecule has 2 aromatic rings. The highest BCUT2D eigenvalue weighted by molar-refractivity contribution is 5.72. The third kappa shape index (κ3) is 2.25. The van der Waals surface area contributed by atoms with E-state index in [1.54, 1.807) is 0 Å². The molecule has 1 saturated heterocycles. The van der Waals surface area contributed by atoms with Crippen LogP contribution in [-0.2, 0) is 11.2 Å². The summed E-state index contributed by atoms with van der Waals surface area (Å²) in [6.07, 6.45) is 1.05. The molecule has 1 aromatic carbocycles. The lowest BCUT2D eigenvalue weighted by Gasteiger charge is -2.23. The minimum atomic E-state index is -0.410. The van der Waals surface area contributed by atoms with Crippen molar-refractivity contribution in [3.05, 3.63) is 34.3 Å². The van der Waals surface area contributed by atoms with Crippen LogP contribution in [-0.4, -0.2) is 30.8 Å². The van der Waals surface area contributed by atoms with Crippen LogP contribution < -0.4 is 11.1 Å². The predicted molar refractivity (Wildman–Crippen MR) is 63.1 cm³/mol. The van der Waals surface area contributed by atoms with Crippen LogP contribution in [0, 0.1) is 0 Å². The van der Waals surface area contributed by atoms with Crippen LogP contribution in [0.25, 0.3) is 11.1 Å². The van der Waals surface area contributed by atoms with Gasteiger partial charge in [0.15, 0.2) is 5.58 Å². The van der Waals surface area contributed by atoms with Gasteiger partial charge in [0.2, 0.25) is 0 Å². The van der Waals surface area contributed by atoms with Gasteiger partial charge < -0.3 is 14.5 Å². The lowest BCUT2D eigenvalue weighted by Crippen LogP contribution is -2.39. The topological polar surface area (TPSA) is 67.3 Å². The number of oxazole rings is 1. The SMILES string of the molecule is O=c1[nH]c2cc(CC3CNCCO3)ccc2o1. The minimum absolute atomic E-state index is 0.208. The number of aromatic amines is 1. The number of H-pyrrole nitrogens is 1. The number of benzene rings is 1. The predicted octanol–water partition coefficient (Wildman–Crippen LogP) is 0.652. The van der Waals surface area contributed by atoms with Gasteiger partial charge in [0, 0.05) is 13.1 Å². The summed E-state index contributed by atoms with van der Waals surface area (Å²) in [7, 11) is 0. The molecule has 2 N–H and O–H groups in total. The molecular formula is C12H14N2O3. The van der Waals surface area contributed by atoms with Crippen LogP contribution in [0.4, 0.5) is 0 Å². The van der Waals surface area contributed by atoms with E-state index in [4.69, 9.17) is 9.15 Å². The van der Waals surface area contributed by atoms with Crippen LogP contribution >= 0.6 is 0 Å². The van der Waals surface area contributed by atoms with Gasteiger partial charge in [-0.1, -0.05) is 6.07 Å². The van der Waals surface area contributed by atoms with Gasteiger partial charge in [-0.05, 0) is 24.1 Å². The standard InChI is InChI=1S/C12H14N2O3/c15-12-14-10-6-8(1-2-11(10)17-12)5-9-7-13-3-4-16-9/h1-2,6,9,13H,3-5,7H2,(H,14,15). The summed E-state index contributed by atoms with van der Waals surface area (Å²) in [5.41, 5.74) is 2.49. The first-order valence-electron chi connectivity index (χ1n) is 5.75. The second-order valence-corrected chi connectivity index (χ2v) is 4.25. The van der Waals surface area contributed by atoms with E-state index in [0.29, 0.717) is 5.58 Å². The Kier molecular flexibility index (Phi) is 2.70. The lowest BCUT2D eigenvalue weighted by atomic mass is 10.1. The fourth-order valence-corrected chi connectivity index (χ4v) is 2.14. The van der Waals surface area contributed by atoms with Crippen LogP contribution in [0.2, 0.25) is 0 Å². The molecule has 17 heavy (non-hydrogen) atoms. The van der Waals surface area contributed by atoms with E-state index >= 15 is 0 Å².